The van der Waals surface area contributed by atoms with Gasteiger partial charge in [-0.1, -0.05) is 43.7 Å². The molecular formula is C24H33NO3. The van der Waals surface area contributed by atoms with E-state index in [2.05, 4.69) is 45.0 Å². The fraction of sp³-hybridized carbons (Fsp3) is 0.542. The lowest BCUT2D eigenvalue weighted by Crippen LogP contribution is -2.43. The van der Waals surface area contributed by atoms with E-state index in [1.54, 1.807) is 13.2 Å². The maximum atomic E-state index is 12.3. The molecule has 2 aromatic rings. The summed E-state index contributed by atoms with van der Waals surface area (Å²) in [5, 5.41) is 0. The molecule has 1 fully saturated rings. The van der Waals surface area contributed by atoms with Crippen LogP contribution >= 0.6 is 0 Å². The molecule has 1 amide bonds. The molecule has 4 heteroatoms. The Kier molecular flexibility index (Phi) is 6.61. The summed E-state index contributed by atoms with van der Waals surface area (Å²) in [6.07, 6.45) is 4.84. The lowest BCUT2D eigenvalue weighted by Gasteiger charge is -2.44. The minimum absolute atomic E-state index is 0.0394. The molecule has 1 aromatic carbocycles. The van der Waals surface area contributed by atoms with Gasteiger partial charge in [0.1, 0.15) is 5.76 Å². The van der Waals surface area contributed by atoms with Crippen LogP contribution in [-0.4, -0.2) is 30.1 Å². The van der Waals surface area contributed by atoms with Gasteiger partial charge in [0.05, 0.1) is 18.9 Å². The summed E-state index contributed by atoms with van der Waals surface area (Å²) in [5.41, 5.74) is 2.68. The topological polar surface area (TPSA) is 42.7 Å². The molecule has 0 saturated carbocycles. The predicted molar refractivity (Wildman–Crippen MR) is 111 cm³/mol. The zero-order valence-corrected chi connectivity index (χ0v) is 17.6. The number of nitrogens with zero attached hydrogens (tertiary/aromatic N) is 1. The molecule has 0 spiro atoms. The van der Waals surface area contributed by atoms with Gasteiger partial charge >= 0.3 is 0 Å². The van der Waals surface area contributed by atoms with E-state index in [-0.39, 0.29) is 17.4 Å². The van der Waals surface area contributed by atoms with E-state index in [0.717, 1.165) is 31.6 Å². The quantitative estimate of drug-likeness (QED) is 0.668. The van der Waals surface area contributed by atoms with Gasteiger partial charge in [-0.3, -0.25) is 4.79 Å². The summed E-state index contributed by atoms with van der Waals surface area (Å²) in [4.78, 5) is 14.2. The van der Waals surface area contributed by atoms with E-state index < -0.39 is 0 Å². The molecule has 2 heterocycles. The first kappa shape index (κ1) is 20.7. The standard InChI is InChI=1S/C24H33NO3/c1-18(2)23-16-24(12-15-28-23,21-9-7-19(3)8-10-21)11-13-25(20(4)26)17-22-6-5-14-27-22/h5-10,14,18,23H,11-13,15-17H2,1-4H3/t23-,24-/m0/s1. The maximum Gasteiger partial charge on any atom is 0.219 e. The van der Waals surface area contributed by atoms with Gasteiger partial charge in [-0.2, -0.15) is 0 Å². The van der Waals surface area contributed by atoms with Crippen molar-refractivity contribution >= 4 is 5.91 Å². The number of benzene rings is 1. The molecule has 0 aliphatic carbocycles. The minimum atomic E-state index is 0.0394. The van der Waals surface area contributed by atoms with Gasteiger partial charge in [0.15, 0.2) is 0 Å². The molecule has 1 saturated heterocycles. The summed E-state index contributed by atoms with van der Waals surface area (Å²) in [5.74, 6) is 1.40. The lowest BCUT2D eigenvalue weighted by atomic mass is 9.68. The Morgan fingerprint density at radius 2 is 2.00 bits per heavy atom. The average molecular weight is 384 g/mol. The van der Waals surface area contributed by atoms with Gasteiger partial charge in [-0.15, -0.1) is 0 Å². The second-order valence-electron chi connectivity index (χ2n) is 8.52. The van der Waals surface area contributed by atoms with E-state index in [9.17, 15) is 4.79 Å². The maximum absolute atomic E-state index is 12.3. The molecule has 1 aliphatic rings. The van der Waals surface area contributed by atoms with Crippen LogP contribution in [0.15, 0.2) is 47.1 Å². The average Bonchev–Trinajstić information content (AvgIpc) is 3.18. The molecule has 2 atom stereocenters. The molecule has 3 rings (SSSR count). The third kappa shape index (κ3) is 4.85. The van der Waals surface area contributed by atoms with Crippen LogP contribution in [0.25, 0.3) is 0 Å². The highest BCUT2D eigenvalue weighted by Gasteiger charge is 2.39. The fourth-order valence-corrected chi connectivity index (χ4v) is 4.21. The third-order valence-corrected chi connectivity index (χ3v) is 6.14. The number of carbonyl (C=O) groups excluding carboxylic acids is 1. The summed E-state index contributed by atoms with van der Waals surface area (Å²) in [7, 11) is 0. The monoisotopic (exact) mass is 383 g/mol. The lowest BCUT2D eigenvalue weighted by molar-refractivity contribution is -0.130. The minimum Gasteiger partial charge on any atom is -0.467 e. The van der Waals surface area contributed by atoms with E-state index in [4.69, 9.17) is 9.15 Å². The van der Waals surface area contributed by atoms with Crippen molar-refractivity contribution < 1.29 is 13.9 Å². The molecule has 152 valence electrons. The van der Waals surface area contributed by atoms with Gasteiger partial charge in [0.25, 0.3) is 0 Å². The number of furan rings is 1. The number of aryl methyl sites for hydroxylation is 1. The highest BCUT2D eigenvalue weighted by Crippen LogP contribution is 2.42. The van der Waals surface area contributed by atoms with Crippen molar-refractivity contribution in [2.24, 2.45) is 5.92 Å². The number of hydrogen-bond acceptors (Lipinski definition) is 3. The van der Waals surface area contributed by atoms with Gasteiger partial charge < -0.3 is 14.1 Å². The largest absolute Gasteiger partial charge is 0.467 e. The fourth-order valence-electron chi connectivity index (χ4n) is 4.21. The zero-order chi connectivity index (χ0) is 20.1. The Bertz CT molecular complexity index is 751. The molecule has 0 N–H and O–H groups in total. The van der Waals surface area contributed by atoms with Crippen molar-refractivity contribution in [1.82, 2.24) is 4.90 Å². The number of amides is 1. The van der Waals surface area contributed by atoms with Gasteiger partial charge in [-0.05, 0) is 49.8 Å². The van der Waals surface area contributed by atoms with Crippen molar-refractivity contribution in [2.45, 2.75) is 65.0 Å². The van der Waals surface area contributed by atoms with Gasteiger partial charge in [-0.25, -0.2) is 0 Å². The molecule has 0 unspecified atom stereocenters. The normalized spacial score (nSPS) is 22.4. The first-order valence-electron chi connectivity index (χ1n) is 10.4. The highest BCUT2D eigenvalue weighted by molar-refractivity contribution is 5.73. The van der Waals surface area contributed by atoms with Crippen LogP contribution in [-0.2, 0) is 21.5 Å². The van der Waals surface area contributed by atoms with Crippen LogP contribution in [0.3, 0.4) is 0 Å². The summed E-state index contributed by atoms with van der Waals surface area (Å²) in [6.45, 7) is 10.2. The summed E-state index contributed by atoms with van der Waals surface area (Å²) in [6, 6.07) is 12.7. The number of hydrogen-bond donors (Lipinski definition) is 0. The van der Waals surface area contributed by atoms with E-state index in [1.165, 1.54) is 11.1 Å². The van der Waals surface area contributed by atoms with Crippen LogP contribution in [0, 0.1) is 12.8 Å². The second-order valence-corrected chi connectivity index (χ2v) is 8.52. The van der Waals surface area contributed by atoms with Gasteiger partial charge in [0, 0.05) is 25.5 Å². The number of ether oxygens (including phenoxy) is 1. The van der Waals surface area contributed by atoms with Crippen LogP contribution in [0.4, 0.5) is 0 Å². The third-order valence-electron chi connectivity index (χ3n) is 6.14. The van der Waals surface area contributed by atoms with Crippen LogP contribution in [0.5, 0.6) is 0 Å². The van der Waals surface area contributed by atoms with E-state index in [0.29, 0.717) is 19.0 Å². The molecular weight excluding hydrogens is 350 g/mol. The Morgan fingerprint density at radius 1 is 1.25 bits per heavy atom. The Balaban J connectivity index is 1.82. The van der Waals surface area contributed by atoms with Gasteiger partial charge in [0.2, 0.25) is 5.91 Å². The molecule has 0 radical (unpaired) electrons. The van der Waals surface area contributed by atoms with Crippen molar-refractivity contribution in [3.8, 4) is 0 Å². The highest BCUT2D eigenvalue weighted by atomic mass is 16.5. The smallest absolute Gasteiger partial charge is 0.219 e. The van der Waals surface area contributed by atoms with Crippen molar-refractivity contribution in [3.05, 3.63) is 59.5 Å². The predicted octanol–water partition coefficient (Wildman–Crippen LogP) is 5.10. The number of carbonyl (C=O) groups is 1. The van der Waals surface area contributed by atoms with Crippen LogP contribution < -0.4 is 0 Å². The molecule has 28 heavy (non-hydrogen) atoms. The molecule has 0 bridgehead atoms. The Hall–Kier alpha value is -2.07. The molecule has 1 aromatic heterocycles. The number of rotatable bonds is 7. The van der Waals surface area contributed by atoms with Crippen molar-refractivity contribution in [3.63, 3.8) is 0 Å². The van der Waals surface area contributed by atoms with Crippen LogP contribution in [0.1, 0.15) is 56.9 Å². The van der Waals surface area contributed by atoms with E-state index >= 15 is 0 Å². The van der Waals surface area contributed by atoms with E-state index in [1.807, 2.05) is 17.0 Å². The first-order valence-corrected chi connectivity index (χ1v) is 10.4. The Labute approximate surface area is 168 Å². The second kappa shape index (κ2) is 8.95. The SMILES string of the molecule is CC(=O)N(CC[C@]1(c2ccc(C)cc2)CCO[C@H](C(C)C)C1)Cc1ccco1. The summed E-state index contributed by atoms with van der Waals surface area (Å²) < 4.78 is 11.5. The Morgan fingerprint density at radius 3 is 2.61 bits per heavy atom. The van der Waals surface area contributed by atoms with Crippen molar-refractivity contribution in [1.29, 1.82) is 0 Å². The first-order chi connectivity index (χ1) is 13.4. The van der Waals surface area contributed by atoms with Crippen LogP contribution in [0.2, 0.25) is 0 Å². The molecule has 4 nitrogen and oxygen atoms in total. The van der Waals surface area contributed by atoms with Crippen molar-refractivity contribution in [2.75, 3.05) is 13.2 Å². The summed E-state index contributed by atoms with van der Waals surface area (Å²) >= 11 is 0. The molecule has 1 aliphatic heterocycles. The zero-order valence-electron chi connectivity index (χ0n) is 17.6.